The fourth-order valence-electron chi connectivity index (χ4n) is 1.75. The molecule has 19 heavy (non-hydrogen) atoms. The van der Waals surface area contributed by atoms with E-state index in [1.807, 2.05) is 13.8 Å². The quantitative estimate of drug-likeness (QED) is 0.592. The first kappa shape index (κ1) is 15.8. The lowest BCUT2D eigenvalue weighted by molar-refractivity contribution is -0.384. The van der Waals surface area contributed by atoms with Gasteiger partial charge in [0.1, 0.15) is 0 Å². The molecule has 0 atom stereocenters. The summed E-state index contributed by atoms with van der Waals surface area (Å²) in [5.41, 5.74) is -0.351. The maximum absolute atomic E-state index is 11.0. The molecule has 1 rings (SSSR count). The zero-order chi connectivity index (χ0) is 14.5. The van der Waals surface area contributed by atoms with Gasteiger partial charge in [-0.2, -0.15) is 0 Å². The number of halogens is 1. The maximum Gasteiger partial charge on any atom is 0.312 e. The Morgan fingerprint density at radius 1 is 1.53 bits per heavy atom. The molecule has 0 radical (unpaired) electrons. The molecule has 106 valence electrons. The summed E-state index contributed by atoms with van der Waals surface area (Å²) in [4.78, 5) is 14.5. The van der Waals surface area contributed by atoms with Crippen molar-refractivity contribution in [1.82, 2.24) is 4.98 Å². The molecule has 0 unspecified atom stereocenters. The number of nitro groups is 1. The second kappa shape index (κ2) is 6.81. The number of hydrogen-bond donors (Lipinski definition) is 2. The van der Waals surface area contributed by atoms with Crippen LogP contribution in [0, 0.1) is 15.5 Å². The minimum atomic E-state index is -0.474. The van der Waals surface area contributed by atoms with E-state index in [0.29, 0.717) is 11.0 Å². The van der Waals surface area contributed by atoms with Crippen molar-refractivity contribution in [2.75, 3.05) is 18.5 Å². The summed E-state index contributed by atoms with van der Waals surface area (Å²) >= 11 is 3.16. The summed E-state index contributed by atoms with van der Waals surface area (Å²) in [7, 11) is 0. The van der Waals surface area contributed by atoms with E-state index in [2.05, 4.69) is 26.2 Å². The van der Waals surface area contributed by atoms with Gasteiger partial charge in [-0.1, -0.05) is 13.8 Å². The van der Waals surface area contributed by atoms with Crippen molar-refractivity contribution in [3.63, 3.8) is 0 Å². The van der Waals surface area contributed by atoms with E-state index in [-0.39, 0.29) is 23.5 Å². The van der Waals surface area contributed by atoms with Crippen LogP contribution < -0.4 is 5.32 Å². The molecule has 2 N–H and O–H groups in total. The number of anilines is 1. The Morgan fingerprint density at radius 2 is 2.16 bits per heavy atom. The second-order valence-corrected chi connectivity index (χ2v) is 5.41. The van der Waals surface area contributed by atoms with Crippen molar-refractivity contribution in [2.24, 2.45) is 5.41 Å². The number of rotatable bonds is 7. The highest BCUT2D eigenvalue weighted by molar-refractivity contribution is 9.10. The lowest BCUT2D eigenvalue weighted by Crippen LogP contribution is -2.32. The molecule has 7 heteroatoms. The van der Waals surface area contributed by atoms with Gasteiger partial charge in [0, 0.05) is 28.7 Å². The van der Waals surface area contributed by atoms with Gasteiger partial charge in [0.2, 0.25) is 5.82 Å². The van der Waals surface area contributed by atoms with Crippen molar-refractivity contribution in [3.8, 4) is 0 Å². The second-order valence-electron chi connectivity index (χ2n) is 4.50. The third kappa shape index (κ3) is 3.87. The predicted octanol–water partition coefficient (Wildman–Crippen LogP) is 2.96. The Labute approximate surface area is 120 Å². The first-order valence-corrected chi connectivity index (χ1v) is 6.92. The third-order valence-corrected chi connectivity index (χ3v) is 3.93. The predicted molar refractivity (Wildman–Crippen MR) is 77.2 cm³/mol. The molecule has 0 amide bonds. The Balaban J connectivity index is 2.91. The monoisotopic (exact) mass is 331 g/mol. The normalized spacial score (nSPS) is 11.4. The number of nitrogens with zero attached hydrogens (tertiary/aromatic N) is 2. The lowest BCUT2D eigenvalue weighted by atomic mass is 9.83. The van der Waals surface area contributed by atoms with E-state index in [4.69, 9.17) is 0 Å². The van der Waals surface area contributed by atoms with Gasteiger partial charge in [-0.3, -0.25) is 10.1 Å². The van der Waals surface area contributed by atoms with E-state index in [1.54, 1.807) is 0 Å². The van der Waals surface area contributed by atoms with Crippen LogP contribution >= 0.6 is 15.9 Å². The summed E-state index contributed by atoms with van der Waals surface area (Å²) in [6, 6.07) is 1.41. The summed E-state index contributed by atoms with van der Waals surface area (Å²) < 4.78 is 0.559. The minimum absolute atomic E-state index is 0.0390. The largest absolute Gasteiger partial charge is 0.396 e. The Bertz CT molecular complexity index is 442. The van der Waals surface area contributed by atoms with Gasteiger partial charge in [0.05, 0.1) is 11.5 Å². The van der Waals surface area contributed by atoms with Crippen molar-refractivity contribution >= 4 is 27.4 Å². The number of nitrogens with one attached hydrogen (secondary N) is 1. The van der Waals surface area contributed by atoms with Gasteiger partial charge < -0.3 is 10.4 Å². The molecule has 0 aliphatic carbocycles. The highest BCUT2D eigenvalue weighted by Gasteiger charge is 2.26. The molecule has 0 bridgehead atoms. The SMILES string of the molecule is CCC(CC)(CO)CNc1ncc(Br)cc1[N+](=O)[O-]. The fraction of sp³-hybridized carbons (Fsp3) is 0.583. The fourth-order valence-corrected chi connectivity index (χ4v) is 2.07. The lowest BCUT2D eigenvalue weighted by Gasteiger charge is -2.29. The van der Waals surface area contributed by atoms with Crippen LogP contribution in [0.5, 0.6) is 0 Å². The molecule has 1 heterocycles. The zero-order valence-electron chi connectivity index (χ0n) is 11.0. The van der Waals surface area contributed by atoms with Gasteiger partial charge in [-0.15, -0.1) is 0 Å². The molecule has 0 fully saturated rings. The summed E-state index contributed by atoms with van der Waals surface area (Å²) in [6.45, 7) is 4.47. The molecule has 0 aliphatic rings. The Morgan fingerprint density at radius 3 is 2.63 bits per heavy atom. The van der Waals surface area contributed by atoms with E-state index in [1.165, 1.54) is 12.3 Å². The van der Waals surface area contributed by atoms with Crippen molar-refractivity contribution in [1.29, 1.82) is 0 Å². The van der Waals surface area contributed by atoms with Crippen molar-refractivity contribution in [3.05, 3.63) is 26.9 Å². The van der Waals surface area contributed by atoms with Crippen LogP contribution in [0.3, 0.4) is 0 Å². The highest BCUT2D eigenvalue weighted by atomic mass is 79.9. The summed E-state index contributed by atoms with van der Waals surface area (Å²) in [6.07, 6.45) is 3.09. The van der Waals surface area contributed by atoms with Gasteiger partial charge >= 0.3 is 5.69 Å². The van der Waals surface area contributed by atoms with Gasteiger partial charge in [-0.25, -0.2) is 4.98 Å². The molecule has 6 nitrogen and oxygen atoms in total. The van der Waals surface area contributed by atoms with Crippen LogP contribution in [0.1, 0.15) is 26.7 Å². The van der Waals surface area contributed by atoms with Crippen LogP contribution in [0.15, 0.2) is 16.7 Å². The molecule has 0 saturated heterocycles. The van der Waals surface area contributed by atoms with E-state index in [9.17, 15) is 15.2 Å². The standard InChI is InChI=1S/C12H18BrN3O3/c1-3-12(4-2,8-17)7-15-11-10(16(18)19)5-9(13)6-14-11/h5-6,17H,3-4,7-8H2,1-2H3,(H,14,15). The Kier molecular flexibility index (Phi) is 5.68. The highest BCUT2D eigenvalue weighted by Crippen LogP contribution is 2.29. The average Bonchev–Trinajstić information content (AvgIpc) is 2.42. The molecule has 0 aliphatic heterocycles. The van der Waals surface area contributed by atoms with Crippen LogP contribution in [-0.4, -0.2) is 28.2 Å². The number of aliphatic hydroxyl groups is 1. The molecule has 0 saturated carbocycles. The van der Waals surface area contributed by atoms with Crippen LogP contribution in [0.4, 0.5) is 11.5 Å². The number of pyridine rings is 1. The third-order valence-electron chi connectivity index (χ3n) is 3.50. The van der Waals surface area contributed by atoms with Crippen LogP contribution in [0.25, 0.3) is 0 Å². The number of hydrogen-bond acceptors (Lipinski definition) is 5. The van der Waals surface area contributed by atoms with Crippen LogP contribution in [0.2, 0.25) is 0 Å². The number of aliphatic hydroxyl groups excluding tert-OH is 1. The maximum atomic E-state index is 11.0. The topological polar surface area (TPSA) is 88.3 Å². The molecule has 0 aromatic carbocycles. The van der Waals surface area contributed by atoms with E-state index >= 15 is 0 Å². The van der Waals surface area contributed by atoms with Gasteiger partial charge in [0.15, 0.2) is 0 Å². The summed E-state index contributed by atoms with van der Waals surface area (Å²) in [5, 5.41) is 23.4. The smallest absolute Gasteiger partial charge is 0.312 e. The molecular weight excluding hydrogens is 314 g/mol. The van der Waals surface area contributed by atoms with E-state index in [0.717, 1.165) is 12.8 Å². The minimum Gasteiger partial charge on any atom is -0.396 e. The summed E-state index contributed by atoms with van der Waals surface area (Å²) in [5.74, 6) is 0.230. The molecular formula is C12H18BrN3O3. The molecule has 1 aromatic heterocycles. The number of aromatic nitrogens is 1. The van der Waals surface area contributed by atoms with Crippen molar-refractivity contribution in [2.45, 2.75) is 26.7 Å². The van der Waals surface area contributed by atoms with Crippen LogP contribution in [-0.2, 0) is 0 Å². The van der Waals surface area contributed by atoms with Gasteiger partial charge in [0.25, 0.3) is 0 Å². The Hall–Kier alpha value is -1.21. The van der Waals surface area contributed by atoms with Gasteiger partial charge in [-0.05, 0) is 28.8 Å². The average molecular weight is 332 g/mol. The molecule has 0 spiro atoms. The first-order chi connectivity index (χ1) is 8.98. The molecule has 1 aromatic rings. The first-order valence-electron chi connectivity index (χ1n) is 6.12. The van der Waals surface area contributed by atoms with Crippen molar-refractivity contribution < 1.29 is 10.0 Å². The zero-order valence-corrected chi connectivity index (χ0v) is 12.6. The van der Waals surface area contributed by atoms with E-state index < -0.39 is 4.92 Å².